The van der Waals surface area contributed by atoms with Crippen LogP contribution in [0.25, 0.3) is 0 Å². The van der Waals surface area contributed by atoms with Crippen LogP contribution in [-0.2, 0) is 23.9 Å². The molecule has 4 atom stereocenters. The third-order valence-corrected chi connectivity index (χ3v) is 7.77. The molecule has 2 aromatic rings. The van der Waals surface area contributed by atoms with Crippen molar-refractivity contribution in [2.45, 2.75) is 39.0 Å². The van der Waals surface area contributed by atoms with Crippen LogP contribution in [0.2, 0.25) is 0 Å². The number of esters is 2. The molecule has 4 rings (SSSR count). The number of fused-ring (bicyclic) bond motifs is 1. The minimum Gasteiger partial charge on any atom is -0.497 e. The van der Waals surface area contributed by atoms with Crippen LogP contribution >= 0.6 is 0 Å². The molecule has 1 aliphatic carbocycles. The molecule has 2 aliphatic rings. The molecule has 0 spiro atoms. The number of carbonyl (C=O) groups is 3. The van der Waals surface area contributed by atoms with Gasteiger partial charge in [-0.15, -0.1) is 0 Å². The van der Waals surface area contributed by atoms with Gasteiger partial charge in [0.1, 0.15) is 11.7 Å². The highest BCUT2D eigenvalue weighted by molar-refractivity contribution is 6.18. The van der Waals surface area contributed by atoms with E-state index in [1.807, 2.05) is 12.1 Å². The molecular weight excluding hydrogens is 542 g/mol. The largest absolute Gasteiger partial charge is 0.497 e. The van der Waals surface area contributed by atoms with Crippen LogP contribution in [0.4, 0.5) is 0 Å². The standard InChI is InChI=1S/C32H37NO9/c1-8-41-31(35)25-17(3)33-22-16-21(18-10-12-20(37-4)13-11-18)27(32(36)42-9-2)29(34)28(22)26(25)19-14-23(38-5)30(40-7)24(15-19)39-6/h10-15,21,26-28H,8-9,16H2,1-7H3/t21-,26-,27+,28?/m1/s1. The van der Waals surface area contributed by atoms with Crippen molar-refractivity contribution < 1.29 is 42.8 Å². The van der Waals surface area contributed by atoms with Gasteiger partial charge in [0.15, 0.2) is 17.3 Å². The molecule has 1 aliphatic heterocycles. The van der Waals surface area contributed by atoms with Crippen molar-refractivity contribution in [2.24, 2.45) is 16.8 Å². The molecule has 0 radical (unpaired) electrons. The highest BCUT2D eigenvalue weighted by Crippen LogP contribution is 2.51. The highest BCUT2D eigenvalue weighted by Gasteiger charge is 2.53. The van der Waals surface area contributed by atoms with Gasteiger partial charge >= 0.3 is 11.9 Å². The summed E-state index contributed by atoms with van der Waals surface area (Å²) in [5.41, 5.74) is 2.59. The van der Waals surface area contributed by atoms with Crippen molar-refractivity contribution in [1.29, 1.82) is 0 Å². The lowest BCUT2D eigenvalue weighted by Gasteiger charge is -2.41. The van der Waals surface area contributed by atoms with E-state index in [4.69, 9.17) is 33.4 Å². The van der Waals surface area contributed by atoms with E-state index in [1.165, 1.54) is 21.3 Å². The summed E-state index contributed by atoms with van der Waals surface area (Å²) < 4.78 is 32.8. The smallest absolute Gasteiger partial charge is 0.336 e. The van der Waals surface area contributed by atoms with E-state index in [0.717, 1.165) is 5.56 Å². The number of carbonyl (C=O) groups excluding carboxylic acids is 3. The summed E-state index contributed by atoms with van der Waals surface area (Å²) in [5.74, 6) is -3.24. The maximum atomic E-state index is 14.6. The van der Waals surface area contributed by atoms with Crippen LogP contribution in [-0.4, -0.2) is 65.1 Å². The fourth-order valence-corrected chi connectivity index (χ4v) is 5.96. The molecule has 10 heteroatoms. The third-order valence-electron chi connectivity index (χ3n) is 7.77. The molecule has 0 amide bonds. The summed E-state index contributed by atoms with van der Waals surface area (Å²) in [5, 5.41) is 0. The van der Waals surface area contributed by atoms with Gasteiger partial charge in [0.05, 0.1) is 53.1 Å². The lowest BCUT2D eigenvalue weighted by atomic mass is 9.62. The van der Waals surface area contributed by atoms with E-state index in [0.29, 0.717) is 46.4 Å². The van der Waals surface area contributed by atoms with E-state index in [9.17, 15) is 14.4 Å². The molecule has 0 aromatic heterocycles. The summed E-state index contributed by atoms with van der Waals surface area (Å²) in [6.45, 7) is 5.39. The molecule has 1 saturated carbocycles. The van der Waals surface area contributed by atoms with Crippen LogP contribution in [0.15, 0.2) is 52.7 Å². The van der Waals surface area contributed by atoms with Crippen LogP contribution in [0.1, 0.15) is 50.2 Å². The van der Waals surface area contributed by atoms with Gasteiger partial charge in [0.25, 0.3) is 0 Å². The molecule has 10 nitrogen and oxygen atoms in total. The number of benzene rings is 2. The zero-order valence-corrected chi connectivity index (χ0v) is 25.0. The predicted octanol–water partition coefficient (Wildman–Crippen LogP) is 4.65. The quantitative estimate of drug-likeness (QED) is 0.293. The summed E-state index contributed by atoms with van der Waals surface area (Å²) in [7, 11) is 6.04. The molecule has 2 aromatic carbocycles. The Labute approximate surface area is 245 Å². The summed E-state index contributed by atoms with van der Waals surface area (Å²) in [6.07, 6.45) is 0.306. The maximum Gasteiger partial charge on any atom is 0.336 e. The Morgan fingerprint density at radius 3 is 1.98 bits per heavy atom. The van der Waals surface area contributed by atoms with Gasteiger partial charge < -0.3 is 28.4 Å². The molecule has 1 heterocycles. The van der Waals surface area contributed by atoms with Crippen LogP contribution in [0.5, 0.6) is 23.0 Å². The molecule has 0 saturated heterocycles. The maximum absolute atomic E-state index is 14.6. The first kappa shape index (κ1) is 30.6. The van der Waals surface area contributed by atoms with Crippen molar-refractivity contribution in [3.8, 4) is 23.0 Å². The monoisotopic (exact) mass is 579 g/mol. The fraction of sp³-hybridized carbons (Fsp3) is 0.438. The molecule has 0 bridgehead atoms. The van der Waals surface area contributed by atoms with E-state index in [-0.39, 0.29) is 24.6 Å². The lowest BCUT2D eigenvalue weighted by Crippen LogP contribution is -2.48. The molecule has 42 heavy (non-hydrogen) atoms. The number of aliphatic imine (C=N–C) groups is 1. The zero-order valence-electron chi connectivity index (χ0n) is 25.0. The first-order valence-electron chi connectivity index (χ1n) is 13.8. The van der Waals surface area contributed by atoms with E-state index >= 15 is 0 Å². The van der Waals surface area contributed by atoms with Gasteiger partial charge in [-0.25, -0.2) is 4.79 Å². The van der Waals surface area contributed by atoms with Gasteiger partial charge in [-0.1, -0.05) is 12.1 Å². The van der Waals surface area contributed by atoms with E-state index in [1.54, 1.807) is 52.1 Å². The molecule has 1 unspecified atom stereocenters. The van der Waals surface area contributed by atoms with Crippen molar-refractivity contribution in [1.82, 2.24) is 0 Å². The second-order valence-corrected chi connectivity index (χ2v) is 9.95. The van der Waals surface area contributed by atoms with Crippen molar-refractivity contribution in [3.05, 3.63) is 58.8 Å². The predicted molar refractivity (Wildman–Crippen MR) is 155 cm³/mol. The van der Waals surface area contributed by atoms with Crippen LogP contribution in [0.3, 0.4) is 0 Å². The minimum absolute atomic E-state index is 0.118. The lowest BCUT2D eigenvalue weighted by molar-refractivity contribution is -0.153. The van der Waals surface area contributed by atoms with Gasteiger partial charge in [-0.05, 0) is 62.6 Å². The Kier molecular flexibility index (Phi) is 9.55. The Morgan fingerprint density at radius 1 is 0.833 bits per heavy atom. The van der Waals surface area contributed by atoms with Gasteiger partial charge in [-0.3, -0.25) is 14.6 Å². The topological polar surface area (TPSA) is 119 Å². The summed E-state index contributed by atoms with van der Waals surface area (Å²) in [4.78, 5) is 46.2. The SMILES string of the molecule is CCOC(=O)C1=C(C)N=C2C[C@H](c3ccc(OC)cc3)[C@H](C(=O)OCC)C(=O)C2[C@@H]1c1cc(OC)c(OC)c(OC)c1. The summed E-state index contributed by atoms with van der Waals surface area (Å²) in [6, 6.07) is 10.7. The summed E-state index contributed by atoms with van der Waals surface area (Å²) >= 11 is 0. The van der Waals surface area contributed by atoms with Crippen LogP contribution in [0, 0.1) is 11.8 Å². The normalized spacial score (nSPS) is 21.6. The number of hydrogen-bond donors (Lipinski definition) is 0. The third kappa shape index (κ3) is 5.57. The highest BCUT2D eigenvalue weighted by atomic mass is 16.5. The number of ether oxygens (including phenoxy) is 6. The van der Waals surface area contributed by atoms with Gasteiger partial charge in [0, 0.05) is 23.2 Å². The van der Waals surface area contributed by atoms with Crippen LogP contribution < -0.4 is 18.9 Å². The Hall–Kier alpha value is -4.34. The molecule has 0 N–H and O–H groups in total. The first-order valence-corrected chi connectivity index (χ1v) is 13.8. The Balaban J connectivity index is 1.94. The second kappa shape index (κ2) is 13.1. The number of rotatable bonds is 10. The number of hydrogen-bond acceptors (Lipinski definition) is 10. The number of methoxy groups -OCH3 is 4. The van der Waals surface area contributed by atoms with Crippen molar-refractivity contribution >= 4 is 23.4 Å². The zero-order chi connectivity index (χ0) is 30.6. The Morgan fingerprint density at radius 2 is 1.45 bits per heavy atom. The molecule has 224 valence electrons. The number of Topliss-reactive ketones (excluding diaryl/α,β-unsaturated/α-hetero) is 1. The number of nitrogens with zero attached hydrogens (tertiary/aromatic N) is 1. The van der Waals surface area contributed by atoms with E-state index in [2.05, 4.69) is 0 Å². The van der Waals surface area contributed by atoms with Crippen molar-refractivity contribution in [2.75, 3.05) is 41.7 Å². The first-order chi connectivity index (χ1) is 20.2. The molecular formula is C32H37NO9. The van der Waals surface area contributed by atoms with E-state index < -0.39 is 35.6 Å². The average molecular weight is 580 g/mol. The minimum atomic E-state index is -1.12. The van der Waals surface area contributed by atoms with Crippen molar-refractivity contribution in [3.63, 3.8) is 0 Å². The Bertz CT molecular complexity index is 1380. The van der Waals surface area contributed by atoms with Gasteiger partial charge in [0.2, 0.25) is 5.75 Å². The second-order valence-electron chi connectivity index (χ2n) is 9.95. The molecule has 1 fully saturated rings. The van der Waals surface area contributed by atoms with Gasteiger partial charge in [-0.2, -0.15) is 0 Å². The number of allylic oxidation sites excluding steroid dienone is 1. The number of ketones is 1. The average Bonchev–Trinajstić information content (AvgIpc) is 2.99. The fourth-order valence-electron chi connectivity index (χ4n) is 5.96.